The molecule has 1 heterocycles. The molecule has 0 radical (unpaired) electrons. The molecular formula is C13H12ClN3O2. The van der Waals surface area contributed by atoms with E-state index >= 15 is 0 Å². The molecule has 0 saturated carbocycles. The van der Waals surface area contributed by atoms with Crippen LogP contribution in [0.25, 0.3) is 0 Å². The number of benzene rings is 1. The average Bonchev–Trinajstić information content (AvgIpc) is 2.41. The van der Waals surface area contributed by atoms with Crippen LogP contribution in [0.1, 0.15) is 10.4 Å². The number of nitrogens with two attached hydrogens (primary N) is 1. The minimum atomic E-state index is -0.362. The lowest BCUT2D eigenvalue weighted by Gasteiger charge is -2.11. The van der Waals surface area contributed by atoms with Crippen LogP contribution in [0.15, 0.2) is 36.5 Å². The lowest BCUT2D eigenvalue weighted by molar-refractivity contribution is 0.102. The van der Waals surface area contributed by atoms with Crippen molar-refractivity contribution in [2.24, 2.45) is 0 Å². The Kier molecular flexibility index (Phi) is 3.87. The summed E-state index contributed by atoms with van der Waals surface area (Å²) >= 11 is 5.88. The van der Waals surface area contributed by atoms with E-state index in [4.69, 9.17) is 22.1 Å². The molecule has 0 aliphatic carbocycles. The number of carbonyl (C=O) groups is 1. The predicted octanol–water partition coefficient (Wildman–Crippen LogP) is 2.58. The maximum Gasteiger partial charge on any atom is 0.259 e. The molecule has 19 heavy (non-hydrogen) atoms. The molecule has 0 atom stereocenters. The number of carbonyl (C=O) groups excluding carboxylic acids is 1. The van der Waals surface area contributed by atoms with Crippen LogP contribution < -0.4 is 15.8 Å². The smallest absolute Gasteiger partial charge is 0.259 e. The van der Waals surface area contributed by atoms with Crippen LogP contribution in [0.4, 0.5) is 11.4 Å². The van der Waals surface area contributed by atoms with Crippen molar-refractivity contribution in [3.05, 3.63) is 47.2 Å². The van der Waals surface area contributed by atoms with E-state index in [1.54, 1.807) is 36.5 Å². The second-order valence-electron chi connectivity index (χ2n) is 3.72. The normalized spacial score (nSPS) is 10.0. The summed E-state index contributed by atoms with van der Waals surface area (Å²) in [6.45, 7) is 0. The van der Waals surface area contributed by atoms with E-state index in [-0.39, 0.29) is 11.1 Å². The molecule has 0 spiro atoms. The Morgan fingerprint density at radius 1 is 1.37 bits per heavy atom. The summed E-state index contributed by atoms with van der Waals surface area (Å²) in [5.41, 5.74) is 6.91. The summed E-state index contributed by atoms with van der Waals surface area (Å²) in [4.78, 5) is 16.0. The van der Waals surface area contributed by atoms with Crippen molar-refractivity contribution >= 4 is 28.9 Å². The molecule has 0 unspecified atom stereocenters. The SMILES string of the molecule is COc1c(N)cccc1C(=O)Nc1cccnc1Cl. The molecule has 2 rings (SSSR count). The number of aromatic nitrogens is 1. The van der Waals surface area contributed by atoms with Crippen molar-refractivity contribution in [1.29, 1.82) is 0 Å². The summed E-state index contributed by atoms with van der Waals surface area (Å²) in [6, 6.07) is 8.29. The highest BCUT2D eigenvalue weighted by atomic mass is 35.5. The van der Waals surface area contributed by atoms with Crippen LogP contribution in [0.5, 0.6) is 5.75 Å². The lowest BCUT2D eigenvalue weighted by Crippen LogP contribution is -2.14. The van der Waals surface area contributed by atoms with Crippen LogP contribution in [-0.2, 0) is 0 Å². The van der Waals surface area contributed by atoms with E-state index < -0.39 is 0 Å². The number of methoxy groups -OCH3 is 1. The van der Waals surface area contributed by atoms with Crippen molar-refractivity contribution in [2.45, 2.75) is 0 Å². The summed E-state index contributed by atoms with van der Waals surface area (Å²) in [6.07, 6.45) is 1.54. The Balaban J connectivity index is 2.31. The van der Waals surface area contributed by atoms with E-state index in [1.165, 1.54) is 7.11 Å². The number of rotatable bonds is 3. The zero-order valence-electron chi connectivity index (χ0n) is 10.2. The third-order valence-electron chi connectivity index (χ3n) is 2.50. The minimum Gasteiger partial charge on any atom is -0.494 e. The van der Waals surface area contributed by atoms with Crippen LogP contribution in [0, 0.1) is 0 Å². The number of nitrogens with one attached hydrogen (secondary N) is 1. The van der Waals surface area contributed by atoms with Crippen molar-refractivity contribution < 1.29 is 9.53 Å². The topological polar surface area (TPSA) is 77.2 Å². The number of pyridine rings is 1. The van der Waals surface area contributed by atoms with Gasteiger partial charge in [-0.25, -0.2) is 4.98 Å². The van der Waals surface area contributed by atoms with Crippen molar-refractivity contribution in [3.63, 3.8) is 0 Å². The molecule has 0 aliphatic rings. The molecule has 0 saturated heterocycles. The molecule has 2 aromatic rings. The number of hydrogen-bond acceptors (Lipinski definition) is 4. The summed E-state index contributed by atoms with van der Waals surface area (Å²) < 4.78 is 5.13. The van der Waals surface area contributed by atoms with E-state index in [2.05, 4.69) is 10.3 Å². The standard InChI is InChI=1S/C13H12ClN3O2/c1-19-11-8(4-2-5-9(11)15)13(18)17-10-6-3-7-16-12(10)14/h2-7H,15H2,1H3,(H,17,18). The fourth-order valence-electron chi connectivity index (χ4n) is 1.63. The fourth-order valence-corrected chi connectivity index (χ4v) is 1.80. The summed E-state index contributed by atoms with van der Waals surface area (Å²) in [7, 11) is 1.46. The first-order valence-electron chi connectivity index (χ1n) is 5.48. The summed E-state index contributed by atoms with van der Waals surface area (Å²) in [5.74, 6) is -0.0286. The highest BCUT2D eigenvalue weighted by Gasteiger charge is 2.15. The van der Waals surface area contributed by atoms with Crippen LogP contribution in [0.3, 0.4) is 0 Å². The minimum absolute atomic E-state index is 0.221. The maximum atomic E-state index is 12.2. The molecule has 1 amide bonds. The Labute approximate surface area is 115 Å². The average molecular weight is 278 g/mol. The molecular weight excluding hydrogens is 266 g/mol. The fraction of sp³-hybridized carbons (Fsp3) is 0.0769. The van der Waals surface area contributed by atoms with Gasteiger partial charge in [0.1, 0.15) is 0 Å². The highest BCUT2D eigenvalue weighted by Crippen LogP contribution is 2.27. The zero-order valence-corrected chi connectivity index (χ0v) is 10.9. The van der Waals surface area contributed by atoms with Gasteiger partial charge >= 0.3 is 0 Å². The Morgan fingerprint density at radius 3 is 2.84 bits per heavy atom. The van der Waals surface area contributed by atoms with Gasteiger partial charge in [0.25, 0.3) is 5.91 Å². The van der Waals surface area contributed by atoms with Crippen LogP contribution in [-0.4, -0.2) is 18.0 Å². The van der Waals surface area contributed by atoms with Crippen molar-refractivity contribution in [3.8, 4) is 5.75 Å². The second-order valence-corrected chi connectivity index (χ2v) is 4.08. The Hall–Kier alpha value is -2.27. The van der Waals surface area contributed by atoms with Gasteiger partial charge in [-0.15, -0.1) is 0 Å². The Bertz CT molecular complexity index is 617. The molecule has 98 valence electrons. The third kappa shape index (κ3) is 2.77. The van der Waals surface area contributed by atoms with E-state index in [0.29, 0.717) is 22.7 Å². The number of para-hydroxylation sites is 1. The van der Waals surface area contributed by atoms with E-state index in [1.807, 2.05) is 0 Å². The first kappa shape index (κ1) is 13.2. The third-order valence-corrected chi connectivity index (χ3v) is 2.80. The maximum absolute atomic E-state index is 12.2. The van der Waals surface area contributed by atoms with Gasteiger partial charge < -0.3 is 15.8 Å². The second kappa shape index (κ2) is 5.58. The van der Waals surface area contributed by atoms with Gasteiger partial charge in [-0.05, 0) is 24.3 Å². The summed E-state index contributed by atoms with van der Waals surface area (Å²) in [5, 5.41) is 2.88. The lowest BCUT2D eigenvalue weighted by atomic mass is 10.1. The van der Waals surface area contributed by atoms with Gasteiger partial charge in [0.05, 0.1) is 24.0 Å². The number of ether oxygens (including phenoxy) is 1. The number of hydrogen-bond donors (Lipinski definition) is 2. The molecule has 0 fully saturated rings. The first-order valence-corrected chi connectivity index (χ1v) is 5.85. The van der Waals surface area contributed by atoms with E-state index in [0.717, 1.165) is 0 Å². The molecule has 6 heteroatoms. The zero-order chi connectivity index (χ0) is 13.8. The van der Waals surface area contributed by atoms with E-state index in [9.17, 15) is 4.79 Å². The van der Waals surface area contributed by atoms with Gasteiger partial charge in [-0.1, -0.05) is 17.7 Å². The largest absolute Gasteiger partial charge is 0.494 e. The number of halogens is 1. The monoisotopic (exact) mass is 277 g/mol. The van der Waals surface area contributed by atoms with Gasteiger partial charge in [0.15, 0.2) is 10.9 Å². The molecule has 0 aliphatic heterocycles. The van der Waals surface area contributed by atoms with Crippen molar-refractivity contribution in [1.82, 2.24) is 4.98 Å². The van der Waals surface area contributed by atoms with Gasteiger partial charge in [0.2, 0.25) is 0 Å². The van der Waals surface area contributed by atoms with Crippen LogP contribution >= 0.6 is 11.6 Å². The quantitative estimate of drug-likeness (QED) is 0.668. The van der Waals surface area contributed by atoms with Crippen LogP contribution in [0.2, 0.25) is 5.15 Å². The van der Waals surface area contributed by atoms with Crippen molar-refractivity contribution in [2.75, 3.05) is 18.2 Å². The number of anilines is 2. The molecule has 3 N–H and O–H groups in total. The number of amides is 1. The molecule has 0 bridgehead atoms. The number of nitrogens with zero attached hydrogens (tertiary/aromatic N) is 1. The highest BCUT2D eigenvalue weighted by molar-refractivity contribution is 6.32. The Morgan fingerprint density at radius 2 is 2.16 bits per heavy atom. The van der Waals surface area contributed by atoms with Gasteiger partial charge in [0, 0.05) is 6.20 Å². The van der Waals surface area contributed by atoms with Gasteiger partial charge in [-0.2, -0.15) is 0 Å². The first-order chi connectivity index (χ1) is 9.13. The predicted molar refractivity (Wildman–Crippen MR) is 74.6 cm³/mol. The molecule has 1 aromatic carbocycles. The molecule has 1 aromatic heterocycles. The number of nitrogen functional groups attached to an aromatic ring is 1. The van der Waals surface area contributed by atoms with Gasteiger partial charge in [-0.3, -0.25) is 4.79 Å². The molecule has 5 nitrogen and oxygen atoms in total.